The van der Waals surface area contributed by atoms with Crippen LogP contribution in [-0.4, -0.2) is 18.0 Å². The largest absolute Gasteiger partial charge is 0.496 e. The van der Waals surface area contributed by atoms with E-state index in [9.17, 15) is 9.18 Å². The van der Waals surface area contributed by atoms with Crippen LogP contribution < -0.4 is 15.4 Å². The predicted molar refractivity (Wildman–Crippen MR) is 102 cm³/mol. The van der Waals surface area contributed by atoms with Gasteiger partial charge in [0.05, 0.1) is 12.7 Å². The highest BCUT2D eigenvalue weighted by molar-refractivity contribution is 5.94. The molecule has 0 saturated carbocycles. The number of benzene rings is 2. The molecule has 0 atom stereocenters. The number of aromatic nitrogens is 1. The number of hydrogen-bond donors (Lipinski definition) is 2. The van der Waals surface area contributed by atoms with Crippen molar-refractivity contribution >= 4 is 11.7 Å². The number of amides is 1. The minimum absolute atomic E-state index is 0.210. The molecule has 0 aliphatic heterocycles. The maximum absolute atomic E-state index is 12.9. The Kier molecular flexibility index (Phi) is 5.99. The molecular weight excluding hydrogens is 345 g/mol. The zero-order valence-electron chi connectivity index (χ0n) is 14.9. The van der Waals surface area contributed by atoms with Crippen LogP contribution in [0.25, 0.3) is 0 Å². The highest BCUT2D eigenvalue weighted by atomic mass is 19.1. The number of para-hydroxylation sites is 1. The molecule has 2 N–H and O–H groups in total. The first-order valence-corrected chi connectivity index (χ1v) is 8.50. The minimum Gasteiger partial charge on any atom is -0.496 e. The molecule has 0 aliphatic rings. The summed E-state index contributed by atoms with van der Waals surface area (Å²) >= 11 is 0. The lowest BCUT2D eigenvalue weighted by molar-refractivity contribution is 0.0950. The molecule has 1 heterocycles. The Labute approximate surface area is 157 Å². The Hall–Kier alpha value is -3.41. The van der Waals surface area contributed by atoms with E-state index in [0.717, 1.165) is 16.9 Å². The lowest BCUT2D eigenvalue weighted by atomic mass is 10.2. The molecular formula is C21H20FN3O2. The van der Waals surface area contributed by atoms with Gasteiger partial charge >= 0.3 is 0 Å². The van der Waals surface area contributed by atoms with Crippen LogP contribution >= 0.6 is 0 Å². The summed E-state index contributed by atoms with van der Waals surface area (Å²) in [7, 11) is 1.60. The van der Waals surface area contributed by atoms with Gasteiger partial charge in [0.25, 0.3) is 5.91 Å². The summed E-state index contributed by atoms with van der Waals surface area (Å²) in [5.41, 5.74) is 2.31. The van der Waals surface area contributed by atoms with E-state index >= 15 is 0 Å². The van der Waals surface area contributed by atoms with E-state index in [4.69, 9.17) is 4.74 Å². The van der Waals surface area contributed by atoms with Crippen LogP contribution in [0.15, 0.2) is 66.9 Å². The molecule has 0 unspecified atom stereocenters. The fourth-order valence-electron chi connectivity index (χ4n) is 2.55. The summed E-state index contributed by atoms with van der Waals surface area (Å²) in [6, 6.07) is 17.2. The summed E-state index contributed by atoms with van der Waals surface area (Å²) in [6.45, 7) is 0.889. The van der Waals surface area contributed by atoms with Gasteiger partial charge in [-0.1, -0.05) is 30.3 Å². The second-order valence-corrected chi connectivity index (χ2v) is 5.91. The molecule has 0 spiro atoms. The zero-order valence-corrected chi connectivity index (χ0v) is 14.9. The minimum atomic E-state index is -0.264. The van der Waals surface area contributed by atoms with Gasteiger partial charge in [-0.05, 0) is 35.9 Å². The Bertz CT molecular complexity index is 896. The summed E-state index contributed by atoms with van der Waals surface area (Å²) in [6.07, 6.45) is 1.52. The van der Waals surface area contributed by atoms with Crippen molar-refractivity contribution < 1.29 is 13.9 Å². The van der Waals surface area contributed by atoms with Crippen LogP contribution in [0.5, 0.6) is 5.75 Å². The third-order valence-corrected chi connectivity index (χ3v) is 4.04. The van der Waals surface area contributed by atoms with E-state index in [-0.39, 0.29) is 11.7 Å². The molecule has 0 aliphatic carbocycles. The number of nitrogens with one attached hydrogen (secondary N) is 2. The number of ether oxygens (including phenoxy) is 1. The average Bonchev–Trinajstić information content (AvgIpc) is 2.72. The Balaban J connectivity index is 1.54. The molecule has 0 fully saturated rings. The summed E-state index contributed by atoms with van der Waals surface area (Å²) in [5.74, 6) is 0.899. The Morgan fingerprint density at radius 2 is 1.81 bits per heavy atom. The highest BCUT2D eigenvalue weighted by Gasteiger charge is 2.08. The Morgan fingerprint density at radius 1 is 1.04 bits per heavy atom. The zero-order chi connectivity index (χ0) is 19.1. The molecule has 3 rings (SSSR count). The van der Waals surface area contributed by atoms with Gasteiger partial charge in [0.15, 0.2) is 0 Å². The monoisotopic (exact) mass is 365 g/mol. The van der Waals surface area contributed by atoms with Gasteiger partial charge < -0.3 is 15.4 Å². The quantitative estimate of drug-likeness (QED) is 0.669. The number of rotatable bonds is 7. The second-order valence-electron chi connectivity index (χ2n) is 5.91. The van der Waals surface area contributed by atoms with Crippen LogP contribution in [0.4, 0.5) is 10.2 Å². The molecule has 1 aromatic heterocycles. The predicted octanol–water partition coefficient (Wildman–Crippen LogP) is 3.77. The first kappa shape index (κ1) is 18.4. The fourth-order valence-corrected chi connectivity index (χ4v) is 2.55. The van der Waals surface area contributed by atoms with Crippen molar-refractivity contribution in [2.24, 2.45) is 0 Å². The molecule has 27 heavy (non-hydrogen) atoms. The van der Waals surface area contributed by atoms with Gasteiger partial charge in [0, 0.05) is 24.8 Å². The van der Waals surface area contributed by atoms with E-state index in [1.807, 2.05) is 24.3 Å². The van der Waals surface area contributed by atoms with E-state index in [1.165, 1.54) is 18.3 Å². The highest BCUT2D eigenvalue weighted by Crippen LogP contribution is 2.17. The summed E-state index contributed by atoms with van der Waals surface area (Å²) in [5, 5.41) is 6.00. The molecule has 0 radical (unpaired) electrons. The molecule has 0 bridgehead atoms. The number of carbonyl (C=O) groups excluding carboxylic acids is 1. The molecule has 5 nitrogen and oxygen atoms in total. The van der Waals surface area contributed by atoms with Crippen molar-refractivity contribution in [2.45, 2.75) is 13.1 Å². The first-order chi connectivity index (χ1) is 13.2. The van der Waals surface area contributed by atoms with Gasteiger partial charge in [-0.3, -0.25) is 4.79 Å². The van der Waals surface area contributed by atoms with Crippen LogP contribution in [0.3, 0.4) is 0 Å². The van der Waals surface area contributed by atoms with E-state index < -0.39 is 0 Å². The lowest BCUT2D eigenvalue weighted by Gasteiger charge is -2.10. The van der Waals surface area contributed by atoms with Gasteiger partial charge in [-0.25, -0.2) is 9.37 Å². The van der Waals surface area contributed by atoms with Crippen molar-refractivity contribution in [1.29, 1.82) is 0 Å². The number of halogens is 1. The third kappa shape index (κ3) is 5.04. The maximum atomic E-state index is 12.9. The molecule has 6 heteroatoms. The van der Waals surface area contributed by atoms with Crippen molar-refractivity contribution in [1.82, 2.24) is 10.3 Å². The van der Waals surface area contributed by atoms with Crippen molar-refractivity contribution in [2.75, 3.05) is 12.4 Å². The van der Waals surface area contributed by atoms with E-state index in [2.05, 4.69) is 15.6 Å². The van der Waals surface area contributed by atoms with Crippen molar-refractivity contribution in [3.05, 3.63) is 89.4 Å². The van der Waals surface area contributed by atoms with Crippen LogP contribution in [0.1, 0.15) is 21.5 Å². The number of carbonyl (C=O) groups is 1. The summed E-state index contributed by atoms with van der Waals surface area (Å²) in [4.78, 5) is 16.5. The standard InChI is InChI=1S/C21H20FN3O2/c1-27-19-5-3-2-4-16(19)13-25-21(26)17-8-11-20(24-14-17)23-12-15-6-9-18(22)10-7-15/h2-11,14H,12-13H2,1H3,(H,23,24)(H,25,26). The topological polar surface area (TPSA) is 63.2 Å². The van der Waals surface area contributed by atoms with Gasteiger partial charge in [0.1, 0.15) is 17.4 Å². The number of methoxy groups -OCH3 is 1. The Morgan fingerprint density at radius 3 is 2.52 bits per heavy atom. The van der Waals surface area contributed by atoms with Gasteiger partial charge in [-0.2, -0.15) is 0 Å². The number of hydrogen-bond acceptors (Lipinski definition) is 4. The second kappa shape index (κ2) is 8.80. The van der Waals surface area contributed by atoms with Crippen LogP contribution in [0.2, 0.25) is 0 Å². The molecule has 138 valence electrons. The maximum Gasteiger partial charge on any atom is 0.253 e. The third-order valence-electron chi connectivity index (χ3n) is 4.04. The van der Waals surface area contributed by atoms with E-state index in [1.54, 1.807) is 31.4 Å². The smallest absolute Gasteiger partial charge is 0.253 e. The average molecular weight is 365 g/mol. The molecule has 2 aromatic carbocycles. The van der Waals surface area contributed by atoms with E-state index in [0.29, 0.717) is 24.5 Å². The fraction of sp³-hybridized carbons (Fsp3) is 0.143. The lowest BCUT2D eigenvalue weighted by Crippen LogP contribution is -2.23. The molecule has 1 amide bonds. The normalized spacial score (nSPS) is 10.3. The van der Waals surface area contributed by atoms with Crippen LogP contribution in [0, 0.1) is 5.82 Å². The number of nitrogens with zero attached hydrogens (tertiary/aromatic N) is 1. The number of anilines is 1. The van der Waals surface area contributed by atoms with Crippen molar-refractivity contribution in [3.63, 3.8) is 0 Å². The van der Waals surface area contributed by atoms with Crippen molar-refractivity contribution in [3.8, 4) is 5.75 Å². The molecule has 0 saturated heterocycles. The van der Waals surface area contributed by atoms with Gasteiger partial charge in [0.2, 0.25) is 0 Å². The van der Waals surface area contributed by atoms with Gasteiger partial charge in [-0.15, -0.1) is 0 Å². The SMILES string of the molecule is COc1ccccc1CNC(=O)c1ccc(NCc2ccc(F)cc2)nc1. The first-order valence-electron chi connectivity index (χ1n) is 8.50. The number of pyridine rings is 1. The van der Waals surface area contributed by atoms with Crippen LogP contribution in [-0.2, 0) is 13.1 Å². The molecule has 3 aromatic rings. The summed E-state index contributed by atoms with van der Waals surface area (Å²) < 4.78 is 18.2.